The fraction of sp³-hybridized carbons (Fsp3) is 0.444. The zero-order chi connectivity index (χ0) is 17.8. The van der Waals surface area contributed by atoms with Crippen molar-refractivity contribution in [2.45, 2.75) is 19.8 Å². The van der Waals surface area contributed by atoms with Gasteiger partial charge in [-0.25, -0.2) is 0 Å². The van der Waals surface area contributed by atoms with Crippen LogP contribution in [-0.2, 0) is 9.53 Å². The molecule has 6 nitrogen and oxygen atoms in total. The second-order valence-electron chi connectivity index (χ2n) is 5.03. The molecule has 1 rings (SSSR count). The van der Waals surface area contributed by atoms with E-state index in [0.29, 0.717) is 43.2 Å². The van der Waals surface area contributed by atoms with E-state index in [-0.39, 0.29) is 5.57 Å². The van der Waals surface area contributed by atoms with Crippen molar-refractivity contribution < 1.29 is 19.0 Å². The average Bonchev–Trinajstić information content (AvgIpc) is 2.61. The summed E-state index contributed by atoms with van der Waals surface area (Å²) in [5.74, 6) is 0.800. The quantitative estimate of drug-likeness (QED) is 0.404. The SMILES string of the molecule is CCCOc1cc(/C=C(\C#N)C(=O)NCCCOC)ccc1OC. The molecule has 1 N–H and O–H groups in total. The van der Waals surface area contributed by atoms with Crippen LogP contribution in [0.15, 0.2) is 23.8 Å². The molecule has 1 aromatic carbocycles. The molecule has 6 heteroatoms. The van der Waals surface area contributed by atoms with Gasteiger partial charge in [0.15, 0.2) is 11.5 Å². The highest BCUT2D eigenvalue weighted by Gasteiger charge is 2.10. The van der Waals surface area contributed by atoms with Gasteiger partial charge in [0, 0.05) is 20.3 Å². The van der Waals surface area contributed by atoms with E-state index in [1.807, 2.05) is 13.0 Å². The first kappa shape index (κ1) is 19.5. The van der Waals surface area contributed by atoms with Crippen LogP contribution in [-0.4, -0.2) is 39.9 Å². The number of benzene rings is 1. The van der Waals surface area contributed by atoms with Crippen molar-refractivity contribution in [1.29, 1.82) is 5.26 Å². The van der Waals surface area contributed by atoms with Gasteiger partial charge in [0.1, 0.15) is 11.6 Å². The zero-order valence-corrected chi connectivity index (χ0v) is 14.4. The van der Waals surface area contributed by atoms with Crippen molar-refractivity contribution >= 4 is 12.0 Å². The number of hydrogen-bond acceptors (Lipinski definition) is 5. The standard InChI is InChI=1S/C18H24N2O4/c1-4-9-24-17-12-14(6-7-16(17)23-3)11-15(13-19)18(21)20-8-5-10-22-2/h6-7,11-12H,4-5,8-10H2,1-3H3,(H,20,21)/b15-11+. The van der Waals surface area contributed by atoms with E-state index < -0.39 is 5.91 Å². The third-order valence-corrected chi connectivity index (χ3v) is 3.14. The van der Waals surface area contributed by atoms with Crippen molar-refractivity contribution in [2.24, 2.45) is 0 Å². The number of methoxy groups -OCH3 is 2. The van der Waals surface area contributed by atoms with Crippen LogP contribution in [0.1, 0.15) is 25.3 Å². The summed E-state index contributed by atoms with van der Waals surface area (Å²) in [6.07, 6.45) is 3.10. The Labute approximate surface area is 143 Å². The molecule has 0 heterocycles. The van der Waals surface area contributed by atoms with Crippen molar-refractivity contribution in [2.75, 3.05) is 34.0 Å². The Morgan fingerprint density at radius 1 is 1.29 bits per heavy atom. The van der Waals surface area contributed by atoms with Gasteiger partial charge >= 0.3 is 0 Å². The number of nitriles is 1. The fourth-order valence-electron chi connectivity index (χ4n) is 1.94. The molecule has 0 aromatic heterocycles. The Morgan fingerprint density at radius 3 is 2.71 bits per heavy atom. The molecule has 0 saturated carbocycles. The van der Waals surface area contributed by atoms with Crippen molar-refractivity contribution in [3.8, 4) is 17.6 Å². The molecular weight excluding hydrogens is 308 g/mol. The van der Waals surface area contributed by atoms with Crippen LogP contribution < -0.4 is 14.8 Å². The van der Waals surface area contributed by atoms with E-state index in [1.165, 1.54) is 6.08 Å². The minimum Gasteiger partial charge on any atom is -0.493 e. The van der Waals surface area contributed by atoms with Crippen molar-refractivity contribution in [1.82, 2.24) is 5.32 Å². The normalized spacial score (nSPS) is 10.8. The predicted octanol–water partition coefficient (Wildman–Crippen LogP) is 2.54. The number of hydrogen-bond donors (Lipinski definition) is 1. The molecular formula is C18H24N2O4. The zero-order valence-electron chi connectivity index (χ0n) is 14.4. The summed E-state index contributed by atoms with van der Waals surface area (Å²) in [4.78, 5) is 12.0. The van der Waals surface area contributed by atoms with E-state index in [9.17, 15) is 10.1 Å². The Balaban J connectivity index is 2.87. The van der Waals surface area contributed by atoms with E-state index >= 15 is 0 Å². The van der Waals surface area contributed by atoms with Gasteiger partial charge in [0.2, 0.25) is 0 Å². The molecule has 0 spiro atoms. The van der Waals surface area contributed by atoms with Crippen molar-refractivity contribution in [3.63, 3.8) is 0 Å². The topological polar surface area (TPSA) is 80.6 Å². The molecule has 0 fully saturated rings. The second-order valence-corrected chi connectivity index (χ2v) is 5.03. The predicted molar refractivity (Wildman–Crippen MR) is 91.9 cm³/mol. The van der Waals surface area contributed by atoms with Gasteiger partial charge in [-0.15, -0.1) is 0 Å². The van der Waals surface area contributed by atoms with E-state index in [1.54, 1.807) is 32.4 Å². The van der Waals surface area contributed by atoms with E-state index in [2.05, 4.69) is 5.32 Å². The number of ether oxygens (including phenoxy) is 3. The largest absolute Gasteiger partial charge is 0.493 e. The maximum atomic E-state index is 12.0. The van der Waals surface area contributed by atoms with Gasteiger partial charge < -0.3 is 19.5 Å². The maximum Gasteiger partial charge on any atom is 0.261 e. The first-order chi connectivity index (χ1) is 11.7. The number of carbonyl (C=O) groups is 1. The Morgan fingerprint density at radius 2 is 2.08 bits per heavy atom. The molecule has 0 radical (unpaired) electrons. The van der Waals surface area contributed by atoms with Gasteiger partial charge in [-0.05, 0) is 36.6 Å². The maximum absolute atomic E-state index is 12.0. The molecule has 0 aliphatic carbocycles. The third kappa shape index (κ3) is 6.31. The van der Waals surface area contributed by atoms with Crippen LogP contribution in [0.25, 0.3) is 6.08 Å². The molecule has 0 unspecified atom stereocenters. The monoisotopic (exact) mass is 332 g/mol. The van der Waals surface area contributed by atoms with Gasteiger partial charge in [-0.3, -0.25) is 4.79 Å². The van der Waals surface area contributed by atoms with Crippen LogP contribution in [0.4, 0.5) is 0 Å². The highest BCUT2D eigenvalue weighted by molar-refractivity contribution is 6.01. The summed E-state index contributed by atoms with van der Waals surface area (Å²) in [6.45, 7) is 3.59. The van der Waals surface area contributed by atoms with Crippen LogP contribution >= 0.6 is 0 Å². The summed E-state index contributed by atoms with van der Waals surface area (Å²) < 4.78 is 15.8. The Bertz CT molecular complexity index is 606. The lowest BCUT2D eigenvalue weighted by molar-refractivity contribution is -0.117. The Hall–Kier alpha value is -2.52. The molecule has 130 valence electrons. The number of rotatable bonds is 10. The van der Waals surface area contributed by atoms with Gasteiger partial charge in [0.25, 0.3) is 5.91 Å². The first-order valence-corrected chi connectivity index (χ1v) is 7.86. The van der Waals surface area contributed by atoms with Crippen LogP contribution in [0.5, 0.6) is 11.5 Å². The number of nitrogens with zero attached hydrogens (tertiary/aromatic N) is 1. The van der Waals surface area contributed by atoms with Crippen LogP contribution in [0.3, 0.4) is 0 Å². The molecule has 1 aromatic rings. The summed E-state index contributed by atoms with van der Waals surface area (Å²) >= 11 is 0. The van der Waals surface area contributed by atoms with Gasteiger partial charge in [-0.2, -0.15) is 5.26 Å². The smallest absolute Gasteiger partial charge is 0.261 e. The highest BCUT2D eigenvalue weighted by atomic mass is 16.5. The fourth-order valence-corrected chi connectivity index (χ4v) is 1.94. The van der Waals surface area contributed by atoms with Gasteiger partial charge in [-0.1, -0.05) is 13.0 Å². The average molecular weight is 332 g/mol. The molecule has 1 amide bonds. The first-order valence-electron chi connectivity index (χ1n) is 7.86. The van der Waals surface area contributed by atoms with E-state index in [0.717, 1.165) is 6.42 Å². The lowest BCUT2D eigenvalue weighted by Crippen LogP contribution is -2.26. The van der Waals surface area contributed by atoms with Gasteiger partial charge in [0.05, 0.1) is 13.7 Å². The molecule has 0 atom stereocenters. The minimum absolute atomic E-state index is 0.0408. The lowest BCUT2D eigenvalue weighted by Gasteiger charge is -2.11. The summed E-state index contributed by atoms with van der Waals surface area (Å²) in [5.41, 5.74) is 0.740. The molecule has 0 aliphatic heterocycles. The molecule has 0 saturated heterocycles. The van der Waals surface area contributed by atoms with E-state index in [4.69, 9.17) is 14.2 Å². The lowest BCUT2D eigenvalue weighted by atomic mass is 10.1. The molecule has 0 aliphatic rings. The summed E-state index contributed by atoms with van der Waals surface area (Å²) in [7, 11) is 3.17. The number of amides is 1. The Kier molecular flexibility index (Phi) is 9.02. The summed E-state index contributed by atoms with van der Waals surface area (Å²) in [5, 5.41) is 11.9. The molecule has 0 bridgehead atoms. The second kappa shape index (κ2) is 11.1. The number of nitrogens with one attached hydrogen (secondary N) is 1. The van der Waals surface area contributed by atoms with Crippen molar-refractivity contribution in [3.05, 3.63) is 29.3 Å². The number of carbonyl (C=O) groups excluding carboxylic acids is 1. The highest BCUT2D eigenvalue weighted by Crippen LogP contribution is 2.29. The van der Waals surface area contributed by atoms with Crippen LogP contribution in [0.2, 0.25) is 0 Å². The third-order valence-electron chi connectivity index (χ3n) is 3.14. The van der Waals surface area contributed by atoms with Crippen LogP contribution in [0, 0.1) is 11.3 Å². The summed E-state index contributed by atoms with van der Waals surface area (Å²) in [6, 6.07) is 7.21. The minimum atomic E-state index is -0.402. The molecule has 24 heavy (non-hydrogen) atoms.